The molecular formula is C59H84AlCeN2O5Si. The third kappa shape index (κ3) is 33.2. The maximum Gasteiger partial charge on any atom is 3.00 e. The van der Waals surface area contributed by atoms with E-state index in [1.165, 1.54) is 27.8 Å². The normalized spacial score (nSPS) is 11.3. The second-order valence-electron chi connectivity index (χ2n) is 19.3. The van der Waals surface area contributed by atoms with Crippen LogP contribution < -0.4 is 4.80 Å². The first-order chi connectivity index (χ1) is 30.8. The minimum atomic E-state index is -4.22. The molecule has 0 amide bonds. The van der Waals surface area contributed by atoms with Crippen LogP contribution in [0, 0.1) is 48.7 Å². The van der Waals surface area contributed by atoms with Crippen LogP contribution >= 0.6 is 0 Å². The van der Waals surface area contributed by atoms with Gasteiger partial charge >= 0.3 is 68.2 Å². The number of hydrogen-bond acceptors (Lipinski definition) is 6. The minimum Gasteiger partial charge on any atom is -0.870 e. The van der Waals surface area contributed by atoms with Crippen LogP contribution in [0.2, 0.25) is 0 Å². The number of rotatable bonds is 10. The fraction of sp³-hybridized carbons (Fsp3) is 0.390. The van der Waals surface area contributed by atoms with E-state index in [4.69, 9.17) is 19.2 Å². The summed E-state index contributed by atoms with van der Waals surface area (Å²) in [6, 6.07) is 53.4. The molecule has 69 heavy (non-hydrogen) atoms. The zero-order chi connectivity index (χ0) is 49.9. The molecule has 6 rings (SSSR count). The van der Waals surface area contributed by atoms with E-state index in [2.05, 4.69) is 131 Å². The summed E-state index contributed by atoms with van der Waals surface area (Å²) in [5, 5.41) is 5.08. The third-order valence-electron chi connectivity index (χ3n) is 9.16. The van der Waals surface area contributed by atoms with Gasteiger partial charge in [0.1, 0.15) is 0 Å². The van der Waals surface area contributed by atoms with Crippen molar-refractivity contribution < 1.29 is 65.7 Å². The number of aliphatic imine (C=N–C) groups is 1. The number of allylic oxidation sites excluding steroid dienone is 2. The van der Waals surface area contributed by atoms with Crippen molar-refractivity contribution in [1.29, 1.82) is 0 Å². The number of hydrogen-bond donors (Lipinski definition) is 1. The Balaban J connectivity index is -0.000000926. The van der Waals surface area contributed by atoms with E-state index in [1.807, 2.05) is 109 Å². The molecule has 6 aromatic carbocycles. The summed E-state index contributed by atoms with van der Waals surface area (Å²) in [5.74, 6) is 1.75. The van der Waals surface area contributed by atoms with Crippen LogP contribution in [0.5, 0.6) is 0 Å². The summed E-state index contributed by atoms with van der Waals surface area (Å²) in [4.78, 5) is 25.8. The van der Waals surface area contributed by atoms with Gasteiger partial charge in [0.25, 0.3) is 0 Å². The van der Waals surface area contributed by atoms with Gasteiger partial charge in [0.15, 0.2) is 0 Å². The summed E-state index contributed by atoms with van der Waals surface area (Å²) in [6.07, 6.45) is 2.11. The Morgan fingerprint density at radius 2 is 0.899 bits per heavy atom. The van der Waals surface area contributed by atoms with Gasteiger partial charge in [-0.15, -0.1) is 5.69 Å². The van der Waals surface area contributed by atoms with Crippen molar-refractivity contribution >= 4 is 43.5 Å². The van der Waals surface area contributed by atoms with Gasteiger partial charge in [-0.2, -0.15) is 60.3 Å². The quantitative estimate of drug-likeness (QED) is 0.0833. The fourth-order valence-electron chi connectivity index (χ4n) is 6.29. The summed E-state index contributed by atoms with van der Waals surface area (Å²) in [7, 11) is -4.22. The van der Waals surface area contributed by atoms with E-state index in [1.54, 1.807) is 41.5 Å². The van der Waals surface area contributed by atoms with Crippen molar-refractivity contribution in [1.82, 2.24) is 0 Å². The molecule has 0 aliphatic rings. The van der Waals surface area contributed by atoms with E-state index in [0.717, 1.165) is 22.8 Å². The van der Waals surface area contributed by atoms with Gasteiger partial charge in [-0.1, -0.05) is 152 Å². The number of benzene rings is 3. The summed E-state index contributed by atoms with van der Waals surface area (Å²) >= 11 is 0. The second-order valence-corrected chi connectivity index (χ2v) is 20.8. The van der Waals surface area contributed by atoms with Crippen LogP contribution in [-0.2, 0) is 8.85 Å². The van der Waals surface area contributed by atoms with Gasteiger partial charge in [-0.25, -0.2) is 36.4 Å². The fourth-order valence-corrected chi connectivity index (χ4v) is 7.88. The van der Waals surface area contributed by atoms with Crippen LogP contribution in [0.3, 0.4) is 0 Å². The van der Waals surface area contributed by atoms with E-state index in [-0.39, 0.29) is 64.6 Å². The van der Waals surface area contributed by atoms with Gasteiger partial charge in [-0.3, -0.25) is 4.99 Å². The predicted octanol–water partition coefficient (Wildman–Crippen LogP) is 15.9. The van der Waals surface area contributed by atoms with E-state index < -0.39 is 20.3 Å². The molecule has 0 aliphatic heterocycles. The van der Waals surface area contributed by atoms with Crippen LogP contribution in [-0.4, -0.2) is 53.6 Å². The van der Waals surface area contributed by atoms with Crippen molar-refractivity contribution in [3.63, 3.8) is 0 Å². The van der Waals surface area contributed by atoms with Crippen LogP contribution in [0.4, 0.5) is 11.4 Å². The Kier molecular flexibility index (Phi) is 37.3. The summed E-state index contributed by atoms with van der Waals surface area (Å²) in [6.45, 7) is 34.4. The predicted molar refractivity (Wildman–Crippen MR) is 293 cm³/mol. The first-order valence-corrected chi connectivity index (χ1v) is 25.1. The first kappa shape index (κ1) is 70.1. The zero-order valence-electron chi connectivity index (χ0n) is 45.0. The van der Waals surface area contributed by atoms with Gasteiger partial charge < -0.3 is 29.2 Å². The summed E-state index contributed by atoms with van der Waals surface area (Å²) in [5.41, 5.74) is 9.43. The zero-order valence-corrected chi connectivity index (χ0v) is 50.3. The van der Waals surface area contributed by atoms with Crippen LogP contribution in [0.25, 0.3) is 5.32 Å². The topological polar surface area (TPSA) is 118 Å². The molecule has 2 N–H and O–H groups in total. The number of para-hydroxylation sites is 2. The molecule has 0 aliphatic carbocycles. The monoisotopic (exact) mass is 1100 g/mol. The molecule has 0 aromatic heterocycles. The molecule has 0 unspecified atom stereocenters. The Hall–Kier alpha value is -3.15. The number of aryl methyl sites for hydroxylation is 1. The van der Waals surface area contributed by atoms with Crippen molar-refractivity contribution in [3.8, 4) is 0 Å². The van der Waals surface area contributed by atoms with E-state index in [0.29, 0.717) is 23.7 Å². The standard InChI is InChI=1S/C29H41N2.C8H19O4Si.C7H8.3C5H5.Al.Ce.H2O/c1-18(2)24-13-11-14-25(19(3)4)28(24)30-22(9)17-23(10)31-29-26(20(5)6)15-12-16-27(29)21(7)8;1-7(2,3)11-13(9,10)12-8(4,5)6;1-7-5-3-2-4-6-7;3*1-2-4-5-3-1;;;/h11-21H,1-10H3;9H,1-6H3;2-6H,1H3;3*1-5H;;;1H2/q2*-1;;3*-1;2*+3;/p-1/b22-17-,31-23?;;;;;;;;. The Morgan fingerprint density at radius 1 is 0.580 bits per heavy atom. The van der Waals surface area contributed by atoms with Gasteiger partial charge in [0, 0.05) is 5.71 Å². The Bertz CT molecular complexity index is 1980. The Morgan fingerprint density at radius 3 is 1.14 bits per heavy atom. The third-order valence-corrected chi connectivity index (χ3v) is 10.9. The molecule has 0 spiro atoms. The minimum absolute atomic E-state index is 0. The maximum atomic E-state index is 11.4. The van der Waals surface area contributed by atoms with Crippen molar-refractivity contribution in [2.24, 2.45) is 4.99 Å². The van der Waals surface area contributed by atoms with E-state index >= 15 is 0 Å². The second kappa shape index (κ2) is 36.7. The smallest absolute Gasteiger partial charge is 0.870 e. The largest absolute Gasteiger partial charge is 3.00 e. The molecule has 371 valence electrons. The Labute approximate surface area is 465 Å². The molecule has 0 fully saturated rings. The van der Waals surface area contributed by atoms with Gasteiger partial charge in [0.2, 0.25) is 0 Å². The molecule has 0 saturated carbocycles. The number of nitrogens with zero attached hydrogens (tertiary/aromatic N) is 2. The first-order valence-electron chi connectivity index (χ1n) is 23.4. The molecular weight excluding hydrogens is 1010 g/mol. The van der Waals surface area contributed by atoms with Gasteiger partial charge in [-0.05, 0) is 90.2 Å². The maximum absolute atomic E-state index is 11.4. The van der Waals surface area contributed by atoms with Crippen molar-refractivity contribution in [2.75, 3.05) is 0 Å². The average Bonchev–Trinajstić information content (AvgIpc) is 4.05. The molecule has 1 radical (unpaired) electrons. The molecule has 0 saturated heterocycles. The molecule has 0 heterocycles. The van der Waals surface area contributed by atoms with Crippen LogP contribution in [0.1, 0.15) is 162 Å². The van der Waals surface area contributed by atoms with Crippen molar-refractivity contribution in [2.45, 2.75) is 153 Å². The van der Waals surface area contributed by atoms with Gasteiger partial charge in [0.05, 0.1) is 16.9 Å². The molecule has 10 heteroatoms. The summed E-state index contributed by atoms with van der Waals surface area (Å²) < 4.78 is 9.84. The molecule has 0 bridgehead atoms. The van der Waals surface area contributed by atoms with Crippen molar-refractivity contribution in [3.05, 3.63) is 203 Å². The molecule has 7 nitrogen and oxygen atoms in total. The molecule has 0 atom stereocenters. The average molecular weight is 1100 g/mol. The van der Waals surface area contributed by atoms with E-state index in [9.17, 15) is 9.59 Å². The molecule has 6 aromatic rings. The SMILES string of the molecule is CC(/C=C(/C)[N-]c1c(C(C)C)cccc1C(C)C)=Nc1c(C(C)C)cccc1C(C)C.CC(C)(C)O[Si]([O-])(O)OC(C)(C)C.Cc1ccccc1.[Al+3].[Ce+3].[OH-].c1cc[cH-]c1.c1cc[cH-]c1.c1cc[cH-]c1. The van der Waals surface area contributed by atoms with Crippen LogP contribution in [0.15, 0.2) is 174 Å².